The maximum Gasteiger partial charge on any atom is 0.265 e. The van der Waals surface area contributed by atoms with Crippen molar-refractivity contribution in [1.29, 1.82) is 0 Å². The van der Waals surface area contributed by atoms with E-state index in [1.54, 1.807) is 21.0 Å². The number of hydrogen-bond acceptors (Lipinski definition) is 6. The third kappa shape index (κ3) is 3.45. The van der Waals surface area contributed by atoms with Crippen molar-refractivity contribution in [2.45, 2.75) is 27.2 Å². The Bertz CT molecular complexity index is 1000. The Morgan fingerprint density at radius 3 is 2.58 bits per heavy atom. The predicted molar refractivity (Wildman–Crippen MR) is 101 cm³/mol. The van der Waals surface area contributed by atoms with Crippen LogP contribution in [0.2, 0.25) is 0 Å². The van der Waals surface area contributed by atoms with Crippen LogP contribution in [0.4, 0.5) is 5.13 Å². The molecule has 1 aromatic carbocycles. The molecule has 0 saturated heterocycles. The van der Waals surface area contributed by atoms with Crippen LogP contribution in [0, 0.1) is 20.8 Å². The maximum atomic E-state index is 12.4. The average molecular weight is 372 g/mol. The Morgan fingerprint density at radius 2 is 1.88 bits per heavy atom. The zero-order chi connectivity index (χ0) is 19.0. The zero-order valence-electron chi connectivity index (χ0n) is 15.3. The number of carbonyl (C=O) groups is 2. The second-order valence-corrected chi connectivity index (χ2v) is 7.42. The summed E-state index contributed by atoms with van der Waals surface area (Å²) in [6.07, 6.45) is 0.0745. The van der Waals surface area contributed by atoms with Crippen LogP contribution in [0.25, 0.3) is 11.0 Å². The van der Waals surface area contributed by atoms with Crippen molar-refractivity contribution >= 4 is 39.3 Å². The van der Waals surface area contributed by atoms with Gasteiger partial charge in [0.15, 0.2) is 10.7 Å². The van der Waals surface area contributed by atoms with E-state index in [0.717, 1.165) is 16.5 Å². The van der Waals surface area contributed by atoms with Gasteiger partial charge in [-0.05, 0) is 44.0 Å². The first-order valence-corrected chi connectivity index (χ1v) is 8.92. The highest BCUT2D eigenvalue weighted by Gasteiger charge is 2.19. The smallest absolute Gasteiger partial charge is 0.265 e. The fourth-order valence-electron chi connectivity index (χ4n) is 2.54. The van der Waals surface area contributed by atoms with Crippen LogP contribution in [0.3, 0.4) is 0 Å². The number of nitrogens with zero attached hydrogens (tertiary/aromatic N) is 3. The molecular weight excluding hydrogens is 352 g/mol. The van der Waals surface area contributed by atoms with E-state index in [2.05, 4.69) is 15.5 Å². The van der Waals surface area contributed by atoms with Gasteiger partial charge in [-0.2, -0.15) is 0 Å². The number of hydrogen-bond donors (Lipinski definition) is 1. The van der Waals surface area contributed by atoms with Crippen molar-refractivity contribution in [3.63, 3.8) is 0 Å². The summed E-state index contributed by atoms with van der Waals surface area (Å²) in [7, 11) is 3.36. The van der Waals surface area contributed by atoms with E-state index in [9.17, 15) is 9.59 Å². The predicted octanol–water partition coefficient (Wildman–Crippen LogP) is 3.09. The van der Waals surface area contributed by atoms with Crippen molar-refractivity contribution < 1.29 is 14.1 Å². The van der Waals surface area contributed by atoms with Crippen molar-refractivity contribution in [1.82, 2.24) is 15.0 Å². The molecule has 0 aliphatic heterocycles. The molecule has 26 heavy (non-hydrogen) atoms. The number of thiazole rings is 1. The summed E-state index contributed by atoms with van der Waals surface area (Å²) in [4.78, 5) is 30.7. The Morgan fingerprint density at radius 1 is 1.19 bits per heavy atom. The van der Waals surface area contributed by atoms with Gasteiger partial charge in [0.25, 0.3) is 5.91 Å². The molecule has 136 valence electrons. The van der Waals surface area contributed by atoms with Crippen LogP contribution in [-0.2, 0) is 11.2 Å². The molecule has 0 aliphatic carbocycles. The lowest BCUT2D eigenvalue weighted by molar-refractivity contribution is -0.115. The van der Waals surface area contributed by atoms with Gasteiger partial charge in [-0.15, -0.1) is 0 Å². The maximum absolute atomic E-state index is 12.4. The fraction of sp³-hybridized carbons (Fsp3) is 0.333. The summed E-state index contributed by atoms with van der Waals surface area (Å²) < 4.78 is 5.32. The monoisotopic (exact) mass is 372 g/mol. The van der Waals surface area contributed by atoms with Crippen LogP contribution < -0.4 is 5.32 Å². The average Bonchev–Trinajstić information content (AvgIpc) is 3.11. The summed E-state index contributed by atoms with van der Waals surface area (Å²) in [5.41, 5.74) is 4.08. The van der Waals surface area contributed by atoms with Gasteiger partial charge < -0.3 is 14.7 Å². The summed E-state index contributed by atoms with van der Waals surface area (Å²) >= 11 is 1.17. The van der Waals surface area contributed by atoms with Crippen molar-refractivity contribution in [2.24, 2.45) is 0 Å². The highest BCUT2D eigenvalue weighted by Crippen LogP contribution is 2.25. The molecular formula is C18H20N4O3S. The first kappa shape index (κ1) is 18.1. The Kier molecular flexibility index (Phi) is 4.78. The molecule has 3 aromatic rings. The van der Waals surface area contributed by atoms with Gasteiger partial charge in [0.05, 0.1) is 12.1 Å². The Hall–Kier alpha value is -2.74. The van der Waals surface area contributed by atoms with Gasteiger partial charge in [-0.25, -0.2) is 4.98 Å². The van der Waals surface area contributed by atoms with Gasteiger partial charge in [-0.1, -0.05) is 16.5 Å². The minimum atomic E-state index is -0.254. The summed E-state index contributed by atoms with van der Waals surface area (Å²) in [5.74, 6) is -0.384. The summed E-state index contributed by atoms with van der Waals surface area (Å²) in [6, 6.07) is 3.90. The molecule has 7 nitrogen and oxygen atoms in total. The molecule has 2 amide bonds. The highest BCUT2D eigenvalue weighted by molar-refractivity contribution is 7.17. The largest absolute Gasteiger partial charge is 0.356 e. The second-order valence-electron chi connectivity index (χ2n) is 6.42. The summed E-state index contributed by atoms with van der Waals surface area (Å²) in [5, 5.41) is 8.00. The number of aromatic nitrogens is 2. The highest BCUT2D eigenvalue weighted by atomic mass is 32.1. The van der Waals surface area contributed by atoms with E-state index in [0.29, 0.717) is 27.0 Å². The second kappa shape index (κ2) is 6.87. The van der Waals surface area contributed by atoms with Gasteiger partial charge in [0.2, 0.25) is 5.91 Å². The van der Waals surface area contributed by atoms with Gasteiger partial charge in [-0.3, -0.25) is 9.59 Å². The molecule has 0 spiro atoms. The number of aryl methyl sites for hydroxylation is 3. The number of carbonyl (C=O) groups excluding carboxylic acids is 2. The molecule has 0 radical (unpaired) electrons. The molecule has 3 rings (SSSR count). The lowest BCUT2D eigenvalue weighted by atomic mass is 10.1. The molecule has 0 saturated carbocycles. The number of benzene rings is 1. The zero-order valence-corrected chi connectivity index (χ0v) is 16.2. The molecule has 0 atom stereocenters. The SMILES string of the molecule is Cc1cc2onc(CC(=O)Nc3nc(C)c(C(=O)N(C)C)s3)c2cc1C. The minimum Gasteiger partial charge on any atom is -0.356 e. The summed E-state index contributed by atoms with van der Waals surface area (Å²) in [6.45, 7) is 5.76. The van der Waals surface area contributed by atoms with Crippen LogP contribution in [0.5, 0.6) is 0 Å². The molecule has 0 unspecified atom stereocenters. The molecule has 8 heteroatoms. The molecule has 0 aliphatic rings. The van der Waals surface area contributed by atoms with E-state index >= 15 is 0 Å². The number of fused-ring (bicyclic) bond motifs is 1. The van der Waals surface area contributed by atoms with E-state index < -0.39 is 0 Å². The molecule has 2 heterocycles. The number of rotatable bonds is 4. The van der Waals surface area contributed by atoms with E-state index in [1.165, 1.54) is 16.2 Å². The topological polar surface area (TPSA) is 88.3 Å². The molecule has 2 aromatic heterocycles. The first-order valence-electron chi connectivity index (χ1n) is 8.10. The van der Waals surface area contributed by atoms with Crippen LogP contribution in [-0.4, -0.2) is 41.0 Å². The minimum absolute atomic E-state index is 0.0745. The number of anilines is 1. The van der Waals surface area contributed by atoms with E-state index in [-0.39, 0.29) is 18.2 Å². The quantitative estimate of drug-likeness (QED) is 0.760. The van der Waals surface area contributed by atoms with Gasteiger partial charge in [0.1, 0.15) is 10.6 Å². The van der Waals surface area contributed by atoms with Crippen molar-refractivity contribution in [3.8, 4) is 0 Å². The van der Waals surface area contributed by atoms with Gasteiger partial charge >= 0.3 is 0 Å². The fourth-order valence-corrected chi connectivity index (χ4v) is 3.54. The van der Waals surface area contributed by atoms with E-state index in [1.807, 2.05) is 26.0 Å². The Balaban J connectivity index is 1.77. The number of amides is 2. The molecule has 1 N–H and O–H groups in total. The van der Waals surface area contributed by atoms with Crippen molar-refractivity contribution in [2.75, 3.05) is 19.4 Å². The van der Waals surface area contributed by atoms with Crippen molar-refractivity contribution in [3.05, 3.63) is 39.5 Å². The van der Waals surface area contributed by atoms with Crippen LogP contribution in [0.15, 0.2) is 16.7 Å². The lowest BCUT2D eigenvalue weighted by Crippen LogP contribution is -2.21. The van der Waals surface area contributed by atoms with Crippen LogP contribution >= 0.6 is 11.3 Å². The lowest BCUT2D eigenvalue weighted by Gasteiger charge is -2.07. The third-order valence-electron chi connectivity index (χ3n) is 4.13. The standard InChI is InChI=1S/C18H20N4O3S/c1-9-6-12-13(21-25-14(12)7-10(9)2)8-15(23)20-18-19-11(3)16(26-18)17(24)22(4)5/h6-7H,8H2,1-5H3,(H,19,20,23). The molecule has 0 bridgehead atoms. The first-order chi connectivity index (χ1) is 12.3. The van der Waals surface area contributed by atoms with E-state index in [4.69, 9.17) is 4.52 Å². The Labute approximate surface area is 155 Å². The number of nitrogens with one attached hydrogen (secondary N) is 1. The normalized spacial score (nSPS) is 11.0. The van der Waals surface area contributed by atoms with Crippen LogP contribution in [0.1, 0.15) is 32.2 Å². The third-order valence-corrected chi connectivity index (χ3v) is 5.19. The van der Waals surface area contributed by atoms with Gasteiger partial charge in [0, 0.05) is 19.5 Å². The molecule has 0 fully saturated rings.